The van der Waals surface area contributed by atoms with Crippen molar-refractivity contribution in [1.82, 2.24) is 18.8 Å². The van der Waals surface area contributed by atoms with E-state index in [0.717, 1.165) is 47.5 Å². The summed E-state index contributed by atoms with van der Waals surface area (Å²) in [6.07, 6.45) is 7.71. The molecule has 0 spiro atoms. The van der Waals surface area contributed by atoms with Crippen LogP contribution in [0.3, 0.4) is 0 Å². The van der Waals surface area contributed by atoms with Crippen molar-refractivity contribution in [3.05, 3.63) is 70.3 Å². The molecule has 2 N–H and O–H groups in total. The van der Waals surface area contributed by atoms with Crippen LogP contribution in [0, 0.1) is 11.8 Å². The van der Waals surface area contributed by atoms with Gasteiger partial charge in [-0.1, -0.05) is 35.9 Å². The van der Waals surface area contributed by atoms with Crippen molar-refractivity contribution in [2.45, 2.75) is 69.2 Å². The Hall–Kier alpha value is -3.34. The number of nitrogens with zero attached hydrogens (tertiary/aromatic N) is 4. The molecule has 2 fully saturated rings. The molecule has 1 saturated carbocycles. The third kappa shape index (κ3) is 9.80. The minimum Gasteiger partial charge on any atom is -0.487 e. The molecular formula is C39H52ClF2N5O7S. The van der Waals surface area contributed by atoms with Gasteiger partial charge in [0.25, 0.3) is 11.8 Å². The number of aryl methyl sites for hydroxylation is 1. The number of halogens is 3. The van der Waals surface area contributed by atoms with Gasteiger partial charge in [-0.3, -0.25) is 14.5 Å². The van der Waals surface area contributed by atoms with Crippen LogP contribution >= 0.6 is 11.6 Å². The molecule has 0 unspecified atom stereocenters. The molecule has 16 heteroatoms. The van der Waals surface area contributed by atoms with E-state index in [4.69, 9.17) is 21.1 Å². The lowest BCUT2D eigenvalue weighted by Crippen LogP contribution is -2.57. The zero-order valence-electron chi connectivity index (χ0n) is 31.7. The Morgan fingerprint density at radius 1 is 1.11 bits per heavy atom. The van der Waals surface area contributed by atoms with Crippen LogP contribution in [0.15, 0.2) is 48.6 Å². The zero-order valence-corrected chi connectivity index (χ0v) is 33.3. The summed E-state index contributed by atoms with van der Waals surface area (Å²) in [5.74, 6) is -3.65. The van der Waals surface area contributed by atoms with E-state index in [1.165, 1.54) is 25.1 Å². The second kappa shape index (κ2) is 17.0. The van der Waals surface area contributed by atoms with Crippen LogP contribution in [0.4, 0.5) is 14.5 Å². The first-order valence-corrected chi connectivity index (χ1v) is 20.8. The molecule has 1 aliphatic carbocycles. The monoisotopic (exact) mass is 807 g/mol. The minimum atomic E-state index is -4.33. The van der Waals surface area contributed by atoms with Gasteiger partial charge < -0.3 is 24.4 Å². The maximum Gasteiger partial charge on any atom is 0.303 e. The van der Waals surface area contributed by atoms with E-state index in [1.807, 2.05) is 35.1 Å². The second-order valence-electron chi connectivity index (χ2n) is 15.5. The van der Waals surface area contributed by atoms with E-state index >= 15 is 0 Å². The molecule has 55 heavy (non-hydrogen) atoms. The molecule has 2 aromatic rings. The molecule has 12 nitrogen and oxygen atoms in total. The van der Waals surface area contributed by atoms with E-state index in [0.29, 0.717) is 49.1 Å². The summed E-state index contributed by atoms with van der Waals surface area (Å²) in [4.78, 5) is 32.9. The van der Waals surface area contributed by atoms with Crippen molar-refractivity contribution >= 4 is 39.3 Å². The summed E-state index contributed by atoms with van der Waals surface area (Å²) >= 11 is 6.37. The molecule has 3 aliphatic heterocycles. The number of anilines is 1. The fraction of sp³-hybridized carbons (Fsp3) is 0.590. The Kier molecular flexibility index (Phi) is 12.8. The summed E-state index contributed by atoms with van der Waals surface area (Å²) in [5.41, 5.74) is 0.157. The molecule has 3 heterocycles. The highest BCUT2D eigenvalue weighted by atomic mass is 35.5. The molecule has 0 aromatic heterocycles. The van der Waals surface area contributed by atoms with Gasteiger partial charge in [-0.2, -0.15) is 12.7 Å². The van der Waals surface area contributed by atoms with Crippen LogP contribution < -0.4 is 14.4 Å². The first-order valence-electron chi connectivity index (χ1n) is 18.9. The lowest BCUT2D eigenvalue weighted by atomic mass is 9.70. The zero-order chi connectivity index (χ0) is 39.5. The number of amides is 2. The quantitative estimate of drug-likeness (QED) is 0.393. The number of carbonyl (C=O) groups excluding carboxylic acids is 2. The van der Waals surface area contributed by atoms with Crippen LogP contribution in [0.2, 0.25) is 5.02 Å². The van der Waals surface area contributed by atoms with Gasteiger partial charge in [-0.05, 0) is 91.3 Å². The summed E-state index contributed by atoms with van der Waals surface area (Å²) in [5, 5.41) is 12.9. The van der Waals surface area contributed by atoms with Crippen LogP contribution in [0.25, 0.3) is 0 Å². The first kappa shape index (κ1) is 41.3. The fourth-order valence-corrected chi connectivity index (χ4v) is 8.50. The Balaban J connectivity index is 1.38. The van der Waals surface area contributed by atoms with Gasteiger partial charge in [-0.25, -0.2) is 13.5 Å². The number of nitrogens with one attached hydrogen (secondary N) is 1. The van der Waals surface area contributed by atoms with E-state index in [2.05, 4.69) is 4.90 Å². The van der Waals surface area contributed by atoms with Gasteiger partial charge in [-0.15, -0.1) is 0 Å². The van der Waals surface area contributed by atoms with Crippen LogP contribution in [0.5, 0.6) is 5.75 Å². The number of rotatable bonds is 7. The predicted octanol–water partition coefficient (Wildman–Crippen LogP) is 4.34. The van der Waals surface area contributed by atoms with Gasteiger partial charge in [0.2, 0.25) is 5.91 Å². The summed E-state index contributed by atoms with van der Waals surface area (Å²) in [6.45, 7) is 1.88. The first-order chi connectivity index (χ1) is 26.0. The molecule has 2 bridgehead atoms. The molecule has 4 atom stereocenters. The Bertz CT molecular complexity index is 1860. The third-order valence-electron chi connectivity index (χ3n) is 11.3. The Morgan fingerprint density at radius 3 is 2.60 bits per heavy atom. The summed E-state index contributed by atoms with van der Waals surface area (Å²) in [6, 6.07) is 10.5. The van der Waals surface area contributed by atoms with E-state index < -0.39 is 40.0 Å². The van der Waals surface area contributed by atoms with Gasteiger partial charge in [0.15, 0.2) is 5.60 Å². The third-order valence-corrected chi connectivity index (χ3v) is 12.9. The molecule has 1 saturated heterocycles. The number of likely N-dealkylation sites (tertiary alicyclic amines) is 1. The largest absolute Gasteiger partial charge is 0.487 e. The van der Waals surface area contributed by atoms with Crippen molar-refractivity contribution < 1.29 is 41.4 Å². The minimum absolute atomic E-state index is 0.0463. The van der Waals surface area contributed by atoms with Crippen molar-refractivity contribution in [1.29, 1.82) is 0 Å². The molecule has 2 aromatic carbocycles. The van der Waals surface area contributed by atoms with Gasteiger partial charge in [0.05, 0.1) is 37.9 Å². The Morgan fingerprint density at radius 2 is 1.89 bits per heavy atom. The average Bonchev–Trinajstić information content (AvgIpc) is 3.13. The highest BCUT2D eigenvalue weighted by Crippen LogP contribution is 2.43. The molecule has 2 amide bonds. The molecule has 4 aliphatic rings. The second-order valence-corrected chi connectivity index (χ2v) is 17.8. The number of fused-ring (bicyclic) bond motifs is 3. The maximum atomic E-state index is 13.9. The molecule has 302 valence electrons. The predicted molar refractivity (Wildman–Crippen MR) is 205 cm³/mol. The van der Waals surface area contributed by atoms with Gasteiger partial charge in [0, 0.05) is 52.3 Å². The van der Waals surface area contributed by atoms with Crippen LogP contribution in [-0.2, 0) is 43.2 Å². The number of hydrogen-bond acceptors (Lipinski definition) is 9. The Labute approximate surface area is 327 Å². The van der Waals surface area contributed by atoms with Crippen LogP contribution in [0.1, 0.15) is 55.2 Å². The molecule has 0 radical (unpaired) electrons. The summed E-state index contributed by atoms with van der Waals surface area (Å²) < 4.78 is 68.3. The van der Waals surface area contributed by atoms with Crippen molar-refractivity contribution in [3.8, 4) is 5.75 Å². The van der Waals surface area contributed by atoms with Gasteiger partial charge in [0.1, 0.15) is 12.4 Å². The van der Waals surface area contributed by atoms with Crippen molar-refractivity contribution in [2.24, 2.45) is 11.8 Å². The highest BCUT2D eigenvalue weighted by molar-refractivity contribution is 7.87. The number of alkyl halides is 2. The lowest BCUT2D eigenvalue weighted by molar-refractivity contribution is -0.148. The average molecular weight is 808 g/mol. The van der Waals surface area contributed by atoms with E-state index in [1.54, 1.807) is 24.1 Å². The fourth-order valence-electron chi connectivity index (χ4n) is 7.72. The topological polar surface area (TPSA) is 132 Å². The highest BCUT2D eigenvalue weighted by Gasteiger charge is 2.45. The number of ether oxygens (including phenoxy) is 2. The van der Waals surface area contributed by atoms with E-state index in [9.17, 15) is 31.9 Å². The smallest absolute Gasteiger partial charge is 0.303 e. The number of benzene rings is 2. The van der Waals surface area contributed by atoms with Crippen molar-refractivity contribution in [2.75, 3.05) is 71.9 Å². The van der Waals surface area contributed by atoms with Crippen molar-refractivity contribution in [3.63, 3.8) is 0 Å². The number of aliphatic hydroxyl groups is 1. The summed E-state index contributed by atoms with van der Waals surface area (Å²) in [7, 11) is -0.261. The maximum absolute atomic E-state index is 13.9. The normalized spacial score (nSPS) is 27.1. The van der Waals surface area contributed by atoms with Gasteiger partial charge >= 0.3 is 10.2 Å². The van der Waals surface area contributed by atoms with E-state index in [-0.39, 0.29) is 49.7 Å². The SMILES string of the molecule is CN1CC/C=C/[C@H](OCCN2CC(F)(F)C2)[C@@H]2CC[C@H]2CN2CCCCc3cc(Cl)ccc3COc3ccc(cc32)[C@@](O)(C(=O)NS(=O)(=O)N(C)C)CC1=O. The number of hydrogen-bond donors (Lipinski definition) is 2. The molecular weight excluding hydrogens is 756 g/mol. The number of carbonyl (C=O) groups is 2. The van der Waals surface area contributed by atoms with Crippen LogP contribution in [-0.4, -0.2) is 118 Å². The molecule has 6 rings (SSSR count). The lowest BCUT2D eigenvalue weighted by Gasteiger charge is -2.44. The standard InChI is InChI=1S/C39H52ClF2N5O7S/c1-44(2)55(51,52)43-37(49)39(50)22-36(48)45(3)16-6-5-9-34(53-19-18-46-25-38(41,42)26-46)32-14-11-28(32)23-47-17-7-4-8-27-20-31(40)13-10-29(27)24-54-35-15-12-30(39)21-33(35)47/h5,9-10,12-13,15,20-21,28,32,34,50H,4,6-8,11,14,16-19,22-26H2,1-3H3,(H,43,49)/b9-5+/t28-,32+,34-,39+/m0/s1.